The Morgan fingerprint density at radius 1 is 1.00 bits per heavy atom. The van der Waals surface area contributed by atoms with Gasteiger partial charge in [0.25, 0.3) is 0 Å². The average molecular weight is 157 g/mol. The predicted octanol–water partition coefficient (Wildman–Crippen LogP) is -6.43. The van der Waals surface area contributed by atoms with Gasteiger partial charge in [0.15, 0.2) is 0 Å². The standard InChI is InChI=1S/BH3O3.ClH.Mg.2H2O/c2-1(3)4;;;;/h2-4H;1H;;2*1H2/q;;+2;;/p-2. The van der Waals surface area contributed by atoms with Crippen LogP contribution in [0.3, 0.4) is 0 Å². The van der Waals surface area contributed by atoms with E-state index in [4.69, 9.17) is 15.1 Å². The van der Waals surface area contributed by atoms with Crippen molar-refractivity contribution < 1.29 is 38.4 Å². The second-order valence-corrected chi connectivity index (χ2v) is 0.346. The molecule has 0 aliphatic carbocycles. The third-order valence-electron chi connectivity index (χ3n) is 0. The molecule has 0 fully saturated rings. The Morgan fingerprint density at radius 3 is 1.00 bits per heavy atom. The minimum Gasteiger partial charge on any atom is -1.00 e. The van der Waals surface area contributed by atoms with E-state index in [9.17, 15) is 0 Å². The molecule has 0 rings (SSSR count). The van der Waals surface area contributed by atoms with Gasteiger partial charge in [0.1, 0.15) is 0 Å². The number of hydrogen-bond acceptors (Lipinski definition) is 4. The van der Waals surface area contributed by atoms with Gasteiger partial charge in [-0.15, -0.1) is 0 Å². The zero-order chi connectivity index (χ0) is 3.58. The van der Waals surface area contributed by atoms with E-state index in [1.165, 1.54) is 0 Å². The van der Waals surface area contributed by atoms with Crippen molar-refractivity contribution >= 4 is 30.4 Å². The van der Waals surface area contributed by atoms with Gasteiger partial charge in [-0.2, -0.15) is 0 Å². The number of rotatable bonds is 0. The summed E-state index contributed by atoms with van der Waals surface area (Å²) in [5, 5.41) is 21.5. The summed E-state index contributed by atoms with van der Waals surface area (Å²) in [5.41, 5.74) is 0. The van der Waals surface area contributed by atoms with Crippen molar-refractivity contribution in [2.45, 2.75) is 0 Å². The first kappa shape index (κ1) is 36.4. The molecule has 5 nitrogen and oxygen atoms in total. The van der Waals surface area contributed by atoms with Crippen molar-refractivity contribution in [1.82, 2.24) is 0 Å². The van der Waals surface area contributed by atoms with Gasteiger partial charge in [-0.3, -0.25) is 0 Å². The number of halogens is 1. The first-order valence-corrected chi connectivity index (χ1v) is 0.775. The molecular weight excluding hydrogens is 151 g/mol. The van der Waals surface area contributed by atoms with E-state index in [0.29, 0.717) is 0 Å². The van der Waals surface area contributed by atoms with Crippen molar-refractivity contribution in [1.29, 1.82) is 0 Å². The molecule has 0 saturated carbocycles. The molecule has 0 aromatic rings. The Labute approximate surface area is 69.1 Å². The first-order chi connectivity index (χ1) is 1.73. The summed E-state index contributed by atoms with van der Waals surface area (Å²) in [5.74, 6) is 0. The van der Waals surface area contributed by atoms with E-state index in [-0.39, 0.29) is 46.4 Å². The summed E-state index contributed by atoms with van der Waals surface area (Å²) < 4.78 is 0. The van der Waals surface area contributed by atoms with Crippen LogP contribution in [0.1, 0.15) is 0 Å². The fourth-order valence-electron chi connectivity index (χ4n) is 0. The van der Waals surface area contributed by atoms with E-state index in [1.807, 2.05) is 0 Å². The van der Waals surface area contributed by atoms with Crippen LogP contribution in [0.25, 0.3) is 0 Å². The molecule has 8 heavy (non-hydrogen) atoms. The predicted molar refractivity (Wildman–Crippen MR) is 23.7 cm³/mol. The molecule has 0 heterocycles. The summed E-state index contributed by atoms with van der Waals surface area (Å²) in [6.45, 7) is 0. The largest absolute Gasteiger partial charge is 2.00 e. The van der Waals surface area contributed by atoms with Crippen molar-refractivity contribution in [3.05, 3.63) is 0 Å². The summed E-state index contributed by atoms with van der Waals surface area (Å²) in [6, 6.07) is 0. The molecule has 0 saturated heterocycles. The average Bonchev–Trinajstić information content (AvgIpc) is 0.811. The van der Waals surface area contributed by atoms with E-state index < -0.39 is 7.32 Å². The minimum atomic E-state index is -2.17. The normalized spacial score (nSPS) is 3.38. The van der Waals surface area contributed by atoms with Gasteiger partial charge in [0.05, 0.1) is 0 Å². The van der Waals surface area contributed by atoms with Gasteiger partial charge >= 0.3 is 30.4 Å². The van der Waals surface area contributed by atoms with Crippen LogP contribution in [0.5, 0.6) is 0 Å². The maximum atomic E-state index is 7.17. The van der Waals surface area contributed by atoms with Crippen LogP contribution < -0.4 is 12.4 Å². The molecule has 0 spiro atoms. The van der Waals surface area contributed by atoms with Crippen molar-refractivity contribution in [3.8, 4) is 0 Å². The zero-order valence-corrected chi connectivity index (χ0v) is 6.12. The smallest absolute Gasteiger partial charge is 1.00 e. The molecule has 0 aromatic carbocycles. The summed E-state index contributed by atoms with van der Waals surface area (Å²) in [4.78, 5) is 0. The van der Waals surface area contributed by atoms with E-state index >= 15 is 0 Å². The van der Waals surface area contributed by atoms with Crippen LogP contribution in [0.2, 0.25) is 0 Å². The van der Waals surface area contributed by atoms with Gasteiger partial charge in [0, 0.05) is 0 Å². The van der Waals surface area contributed by atoms with Crippen molar-refractivity contribution in [3.63, 3.8) is 0 Å². The maximum Gasteiger partial charge on any atom is 2.00 e. The Kier molecular flexibility index (Phi) is 112. The van der Waals surface area contributed by atoms with E-state index in [1.54, 1.807) is 0 Å². The third kappa shape index (κ3) is 286. The molecule has 6 N–H and O–H groups in total. The Bertz CT molecular complexity index is 17.1. The van der Waals surface area contributed by atoms with Crippen LogP contribution in [-0.2, 0) is 0 Å². The molecule has 0 unspecified atom stereocenters. The van der Waals surface area contributed by atoms with Crippen LogP contribution in [-0.4, -0.2) is 56.4 Å². The number of hydrogen-bond donors (Lipinski definition) is 3. The topological polar surface area (TPSA) is 122 Å². The molecule has 0 atom stereocenters. The van der Waals surface area contributed by atoms with Crippen LogP contribution >= 0.6 is 0 Å². The monoisotopic (exact) mass is 156 g/mol. The fraction of sp³-hybridized carbons (Fsp3) is 0. The molecule has 0 amide bonds. The van der Waals surface area contributed by atoms with Gasteiger partial charge in [-0.05, 0) is 0 Å². The molecule has 8 heteroatoms. The van der Waals surface area contributed by atoms with Crippen molar-refractivity contribution in [2.75, 3.05) is 0 Å². The second kappa shape index (κ2) is 24.7. The second-order valence-electron chi connectivity index (χ2n) is 0.346. The summed E-state index contributed by atoms with van der Waals surface area (Å²) in [6.07, 6.45) is 0. The molecular formula is H6BClMgO5. The molecule has 0 aliphatic rings. The SMILES string of the molecule is O.OB(O)O.[Cl-].[Mg+2].[OH-]. The first-order valence-electron chi connectivity index (χ1n) is 0.775. The molecule has 0 aliphatic heterocycles. The molecule has 0 radical (unpaired) electrons. The Hall–Kier alpha value is 0.921. The summed E-state index contributed by atoms with van der Waals surface area (Å²) >= 11 is 0. The van der Waals surface area contributed by atoms with E-state index in [2.05, 4.69) is 0 Å². The Balaban J connectivity index is -0.00000000750. The summed E-state index contributed by atoms with van der Waals surface area (Å²) in [7, 11) is -2.17. The fourth-order valence-corrected chi connectivity index (χ4v) is 0. The molecule has 48 valence electrons. The van der Waals surface area contributed by atoms with Gasteiger partial charge < -0.3 is 38.4 Å². The van der Waals surface area contributed by atoms with Crippen LogP contribution in [0, 0.1) is 0 Å². The van der Waals surface area contributed by atoms with E-state index in [0.717, 1.165) is 0 Å². The van der Waals surface area contributed by atoms with Gasteiger partial charge in [-0.1, -0.05) is 0 Å². The van der Waals surface area contributed by atoms with Gasteiger partial charge in [-0.25, -0.2) is 0 Å². The minimum absolute atomic E-state index is 0. The quantitative estimate of drug-likeness (QED) is 0.302. The molecule has 0 bridgehead atoms. The van der Waals surface area contributed by atoms with Crippen molar-refractivity contribution in [2.24, 2.45) is 0 Å². The maximum absolute atomic E-state index is 7.17. The van der Waals surface area contributed by atoms with Gasteiger partial charge in [0.2, 0.25) is 0 Å². The van der Waals surface area contributed by atoms with Crippen LogP contribution in [0.4, 0.5) is 0 Å². The zero-order valence-electron chi connectivity index (χ0n) is 3.95. The Morgan fingerprint density at radius 2 is 1.00 bits per heavy atom. The molecule has 0 aromatic heterocycles. The van der Waals surface area contributed by atoms with Crippen LogP contribution in [0.15, 0.2) is 0 Å². The third-order valence-corrected chi connectivity index (χ3v) is 0.